The summed E-state index contributed by atoms with van der Waals surface area (Å²) < 4.78 is 6.34. The van der Waals surface area contributed by atoms with E-state index in [1.165, 1.54) is 0 Å². The monoisotopic (exact) mass is 292 g/mol. The van der Waals surface area contributed by atoms with Gasteiger partial charge in [-0.3, -0.25) is 0 Å². The Morgan fingerprint density at radius 1 is 1.09 bits per heavy atom. The Kier molecular flexibility index (Phi) is 4.41. The summed E-state index contributed by atoms with van der Waals surface area (Å²) in [6.45, 7) is 3.46. The molecule has 0 radical (unpaired) electrons. The van der Waals surface area contributed by atoms with Crippen molar-refractivity contribution in [2.45, 2.75) is 32.1 Å². The van der Waals surface area contributed by atoms with E-state index in [0.29, 0.717) is 6.54 Å². The molecule has 0 aliphatic carbocycles. The van der Waals surface area contributed by atoms with E-state index in [1.807, 2.05) is 35.2 Å². The fourth-order valence-corrected chi connectivity index (χ4v) is 2.90. The van der Waals surface area contributed by atoms with E-state index in [-0.39, 0.29) is 12.2 Å². The average Bonchev–Trinajstić information content (AvgIpc) is 2.64. The highest BCUT2D eigenvalue weighted by molar-refractivity contribution is 5.36. The standard InChI is InChI=1S/C19H20N2O/c1-15-11-12-21(14-20)13-17-9-5-6-10-18(17)19(22-15)16-7-3-2-4-8-16/h2-10,15,19H,11-13H2,1H3/t15-,19+/m1/s1. The molecule has 0 saturated heterocycles. The fourth-order valence-electron chi connectivity index (χ4n) is 2.90. The number of benzene rings is 2. The third-order valence-corrected chi connectivity index (χ3v) is 4.12. The van der Waals surface area contributed by atoms with E-state index < -0.39 is 0 Å². The summed E-state index contributed by atoms with van der Waals surface area (Å²) in [6, 6.07) is 18.6. The lowest BCUT2D eigenvalue weighted by molar-refractivity contribution is 0.0138. The van der Waals surface area contributed by atoms with Crippen molar-refractivity contribution < 1.29 is 4.74 Å². The van der Waals surface area contributed by atoms with E-state index in [0.717, 1.165) is 29.7 Å². The van der Waals surface area contributed by atoms with Gasteiger partial charge in [-0.05, 0) is 30.0 Å². The zero-order valence-electron chi connectivity index (χ0n) is 12.8. The number of fused-ring (bicyclic) bond motifs is 1. The van der Waals surface area contributed by atoms with Crippen molar-refractivity contribution in [3.05, 3.63) is 71.3 Å². The van der Waals surface area contributed by atoms with Crippen molar-refractivity contribution in [3.8, 4) is 6.19 Å². The molecule has 2 atom stereocenters. The number of hydrogen-bond acceptors (Lipinski definition) is 3. The molecule has 112 valence electrons. The van der Waals surface area contributed by atoms with Crippen molar-refractivity contribution in [2.75, 3.05) is 6.54 Å². The third-order valence-electron chi connectivity index (χ3n) is 4.12. The Morgan fingerprint density at radius 2 is 1.82 bits per heavy atom. The Balaban J connectivity index is 2.06. The van der Waals surface area contributed by atoms with E-state index in [9.17, 15) is 5.26 Å². The van der Waals surface area contributed by atoms with E-state index in [2.05, 4.69) is 37.4 Å². The molecule has 0 aromatic heterocycles. The summed E-state index contributed by atoms with van der Waals surface area (Å²) in [6.07, 6.45) is 3.17. The molecule has 22 heavy (non-hydrogen) atoms. The van der Waals surface area contributed by atoms with Crippen molar-refractivity contribution in [1.29, 1.82) is 5.26 Å². The maximum absolute atomic E-state index is 9.33. The minimum Gasteiger partial charge on any atom is -0.366 e. The van der Waals surface area contributed by atoms with Crippen LogP contribution in [0.4, 0.5) is 0 Å². The van der Waals surface area contributed by atoms with Gasteiger partial charge in [0.25, 0.3) is 0 Å². The molecule has 0 saturated carbocycles. The van der Waals surface area contributed by atoms with Gasteiger partial charge in [-0.25, -0.2) is 0 Å². The number of nitrogens with zero attached hydrogens (tertiary/aromatic N) is 2. The van der Waals surface area contributed by atoms with Crippen LogP contribution in [0.5, 0.6) is 0 Å². The average molecular weight is 292 g/mol. The molecule has 3 heteroatoms. The molecule has 0 spiro atoms. The van der Waals surface area contributed by atoms with E-state index in [4.69, 9.17) is 4.74 Å². The molecular weight excluding hydrogens is 272 g/mol. The van der Waals surface area contributed by atoms with Crippen LogP contribution >= 0.6 is 0 Å². The molecule has 1 aliphatic heterocycles. The second kappa shape index (κ2) is 6.64. The van der Waals surface area contributed by atoms with Gasteiger partial charge in [-0.1, -0.05) is 54.6 Å². The van der Waals surface area contributed by atoms with Gasteiger partial charge in [0.05, 0.1) is 12.6 Å². The lowest BCUT2D eigenvalue weighted by Crippen LogP contribution is -2.21. The van der Waals surface area contributed by atoms with Crippen LogP contribution in [0.3, 0.4) is 0 Å². The molecule has 3 rings (SSSR count). The zero-order valence-corrected chi connectivity index (χ0v) is 12.8. The van der Waals surface area contributed by atoms with Crippen molar-refractivity contribution >= 4 is 0 Å². The predicted octanol–water partition coefficient (Wildman–Crippen LogP) is 3.87. The fraction of sp³-hybridized carbons (Fsp3) is 0.316. The van der Waals surface area contributed by atoms with E-state index >= 15 is 0 Å². The first-order valence-electron chi connectivity index (χ1n) is 7.71. The Labute approximate surface area is 131 Å². The van der Waals surface area contributed by atoms with Gasteiger partial charge in [-0.2, -0.15) is 5.26 Å². The van der Waals surface area contributed by atoms with Crippen molar-refractivity contribution in [1.82, 2.24) is 4.90 Å². The number of ether oxygens (including phenoxy) is 1. The lowest BCUT2D eigenvalue weighted by atomic mass is 9.96. The van der Waals surface area contributed by atoms with Gasteiger partial charge in [0.15, 0.2) is 6.19 Å². The largest absolute Gasteiger partial charge is 0.366 e. The molecule has 0 amide bonds. The summed E-state index contributed by atoms with van der Waals surface area (Å²) in [7, 11) is 0. The van der Waals surface area contributed by atoms with Gasteiger partial charge >= 0.3 is 0 Å². The molecule has 0 fully saturated rings. The van der Waals surface area contributed by atoms with Crippen LogP contribution in [0, 0.1) is 11.5 Å². The normalized spacial score (nSPS) is 21.9. The van der Waals surface area contributed by atoms with Crippen LogP contribution in [0.1, 0.15) is 36.1 Å². The van der Waals surface area contributed by atoms with Gasteiger partial charge in [0.1, 0.15) is 6.10 Å². The summed E-state index contributed by atoms with van der Waals surface area (Å²) in [5.74, 6) is 0. The molecule has 2 aromatic rings. The minimum atomic E-state index is -0.0777. The Morgan fingerprint density at radius 3 is 2.59 bits per heavy atom. The molecular formula is C19H20N2O. The number of nitriles is 1. The second-order valence-electron chi connectivity index (χ2n) is 5.75. The SMILES string of the molecule is C[C@@H]1CCN(C#N)Cc2ccccc2[C@H](c2ccccc2)O1. The second-order valence-corrected chi connectivity index (χ2v) is 5.75. The van der Waals surface area contributed by atoms with Crippen molar-refractivity contribution in [3.63, 3.8) is 0 Å². The van der Waals surface area contributed by atoms with Crippen LogP contribution in [0.15, 0.2) is 54.6 Å². The highest BCUT2D eigenvalue weighted by Gasteiger charge is 2.23. The van der Waals surface area contributed by atoms with Gasteiger partial charge < -0.3 is 9.64 Å². The highest BCUT2D eigenvalue weighted by Crippen LogP contribution is 2.32. The first kappa shape index (κ1) is 14.6. The molecule has 1 aliphatic rings. The molecule has 2 aromatic carbocycles. The van der Waals surface area contributed by atoms with Gasteiger partial charge in [-0.15, -0.1) is 0 Å². The maximum atomic E-state index is 9.33. The van der Waals surface area contributed by atoms with E-state index in [1.54, 1.807) is 0 Å². The molecule has 0 N–H and O–H groups in total. The molecule has 1 heterocycles. The molecule has 0 unspecified atom stereocenters. The summed E-state index contributed by atoms with van der Waals surface area (Å²) in [5.41, 5.74) is 3.47. The first-order valence-corrected chi connectivity index (χ1v) is 7.71. The lowest BCUT2D eigenvalue weighted by Gasteiger charge is -2.23. The highest BCUT2D eigenvalue weighted by atomic mass is 16.5. The third kappa shape index (κ3) is 3.13. The number of hydrogen-bond donors (Lipinski definition) is 0. The number of rotatable bonds is 1. The van der Waals surface area contributed by atoms with Crippen LogP contribution < -0.4 is 0 Å². The topological polar surface area (TPSA) is 36.3 Å². The Hall–Kier alpha value is -2.31. The first-order chi connectivity index (χ1) is 10.8. The smallest absolute Gasteiger partial charge is 0.179 e. The van der Waals surface area contributed by atoms with Crippen LogP contribution in [0.2, 0.25) is 0 Å². The van der Waals surface area contributed by atoms with Crippen molar-refractivity contribution in [2.24, 2.45) is 0 Å². The van der Waals surface area contributed by atoms with Crippen LogP contribution in [0.25, 0.3) is 0 Å². The molecule has 0 bridgehead atoms. The predicted molar refractivity (Wildman–Crippen MR) is 85.9 cm³/mol. The van der Waals surface area contributed by atoms with Crippen LogP contribution in [-0.2, 0) is 11.3 Å². The van der Waals surface area contributed by atoms with Gasteiger partial charge in [0.2, 0.25) is 0 Å². The summed E-state index contributed by atoms with van der Waals surface area (Å²) in [4.78, 5) is 1.81. The summed E-state index contributed by atoms with van der Waals surface area (Å²) >= 11 is 0. The minimum absolute atomic E-state index is 0.0777. The Bertz CT molecular complexity index is 663. The van der Waals surface area contributed by atoms with Gasteiger partial charge in [0, 0.05) is 6.54 Å². The maximum Gasteiger partial charge on any atom is 0.179 e. The van der Waals surface area contributed by atoms with Crippen LogP contribution in [-0.4, -0.2) is 17.5 Å². The summed E-state index contributed by atoms with van der Waals surface area (Å²) in [5, 5.41) is 9.33. The quantitative estimate of drug-likeness (QED) is 0.749. The molecule has 3 nitrogen and oxygen atoms in total. The zero-order chi connectivity index (χ0) is 15.4.